The number of anilines is 3. The van der Waals surface area contributed by atoms with Gasteiger partial charge >= 0.3 is 0 Å². The summed E-state index contributed by atoms with van der Waals surface area (Å²) < 4.78 is 11.1. The van der Waals surface area contributed by atoms with Crippen molar-refractivity contribution in [1.29, 1.82) is 0 Å². The first-order chi connectivity index (χ1) is 12.8. The number of ether oxygens (including phenoxy) is 1. The van der Waals surface area contributed by atoms with Crippen LogP contribution >= 0.6 is 0 Å². The molecule has 1 aliphatic heterocycles. The summed E-state index contributed by atoms with van der Waals surface area (Å²) >= 11 is 0. The van der Waals surface area contributed by atoms with Crippen molar-refractivity contribution >= 4 is 17.4 Å². The minimum atomic E-state index is 0.470. The highest BCUT2D eigenvalue weighted by Crippen LogP contribution is 2.27. The van der Waals surface area contributed by atoms with E-state index in [1.165, 1.54) is 5.69 Å². The number of hydrogen-bond acceptors (Lipinski definition) is 6. The van der Waals surface area contributed by atoms with Gasteiger partial charge in [0.15, 0.2) is 5.76 Å². The summed E-state index contributed by atoms with van der Waals surface area (Å²) in [6.07, 6.45) is 1.71. The maximum atomic E-state index is 5.82. The third kappa shape index (κ3) is 3.65. The fraction of sp³-hybridized carbons (Fsp3) is 0.250. The normalized spacial score (nSPS) is 14.3. The molecule has 1 aromatic heterocycles. The molecule has 0 atom stereocenters. The van der Waals surface area contributed by atoms with Crippen LogP contribution in [0.4, 0.5) is 17.4 Å². The van der Waals surface area contributed by atoms with Crippen LogP contribution < -0.4 is 20.3 Å². The zero-order valence-electron chi connectivity index (χ0n) is 14.7. The highest BCUT2D eigenvalue weighted by molar-refractivity contribution is 5.62. The van der Waals surface area contributed by atoms with Crippen LogP contribution in [0.2, 0.25) is 0 Å². The monoisotopic (exact) mass is 350 g/mol. The topological polar surface area (TPSA) is 62.6 Å². The quantitative estimate of drug-likeness (QED) is 0.734. The van der Waals surface area contributed by atoms with E-state index in [-0.39, 0.29) is 0 Å². The van der Waals surface area contributed by atoms with E-state index in [0.29, 0.717) is 11.8 Å². The summed E-state index contributed by atoms with van der Waals surface area (Å²) in [4.78, 5) is 6.70. The molecule has 0 radical (unpaired) electrons. The zero-order chi connectivity index (χ0) is 17.8. The van der Waals surface area contributed by atoms with Crippen LogP contribution in [0.15, 0.2) is 59.1 Å². The van der Waals surface area contributed by atoms with Crippen LogP contribution in [-0.2, 0) is 0 Å². The van der Waals surface area contributed by atoms with Gasteiger partial charge in [-0.2, -0.15) is 0 Å². The Bertz CT molecular complexity index is 854. The fourth-order valence-corrected chi connectivity index (χ4v) is 3.04. The molecule has 26 heavy (non-hydrogen) atoms. The molecule has 2 heterocycles. The molecular weight excluding hydrogens is 328 g/mol. The van der Waals surface area contributed by atoms with Gasteiger partial charge in [-0.1, -0.05) is 12.1 Å². The Morgan fingerprint density at radius 2 is 1.92 bits per heavy atom. The van der Waals surface area contributed by atoms with Gasteiger partial charge in [-0.3, -0.25) is 0 Å². The summed E-state index contributed by atoms with van der Waals surface area (Å²) in [6.45, 7) is 4.14. The van der Waals surface area contributed by atoms with E-state index in [4.69, 9.17) is 9.15 Å². The lowest BCUT2D eigenvalue weighted by Gasteiger charge is -2.29. The molecule has 4 rings (SSSR count). The number of hydrogen-bond donors (Lipinski definition) is 2. The number of aromatic nitrogens is 1. The highest BCUT2D eigenvalue weighted by atomic mass is 16.5. The Kier molecular flexibility index (Phi) is 4.75. The predicted molar refractivity (Wildman–Crippen MR) is 103 cm³/mol. The van der Waals surface area contributed by atoms with Gasteiger partial charge in [0, 0.05) is 43.1 Å². The van der Waals surface area contributed by atoms with Gasteiger partial charge in [0.05, 0.1) is 13.3 Å². The number of methoxy groups -OCH3 is 1. The molecule has 2 aromatic carbocycles. The summed E-state index contributed by atoms with van der Waals surface area (Å²) in [7, 11) is 1.65. The largest absolute Gasteiger partial charge is 0.497 e. The van der Waals surface area contributed by atoms with E-state index in [2.05, 4.69) is 32.7 Å². The Hall–Kier alpha value is -2.99. The smallest absolute Gasteiger partial charge is 0.299 e. The summed E-state index contributed by atoms with van der Waals surface area (Å²) in [5.74, 6) is 1.49. The molecule has 3 aromatic rings. The second-order valence-electron chi connectivity index (χ2n) is 6.17. The first-order valence-electron chi connectivity index (χ1n) is 8.75. The highest BCUT2D eigenvalue weighted by Gasteiger charge is 2.11. The Labute approximate surface area is 152 Å². The van der Waals surface area contributed by atoms with Gasteiger partial charge < -0.3 is 24.7 Å². The number of benzene rings is 2. The van der Waals surface area contributed by atoms with Crippen LogP contribution in [0.5, 0.6) is 5.75 Å². The average Bonchev–Trinajstić information content (AvgIpc) is 3.18. The van der Waals surface area contributed by atoms with Crippen molar-refractivity contribution in [3.8, 4) is 17.1 Å². The lowest BCUT2D eigenvalue weighted by atomic mass is 10.2. The van der Waals surface area contributed by atoms with E-state index in [0.717, 1.165) is 43.2 Å². The SMILES string of the molecule is COc1cccc(-c2cnc(Nc3ccc(N4CCNCC4)cc3)o2)c1. The van der Waals surface area contributed by atoms with Crippen molar-refractivity contribution in [1.82, 2.24) is 10.3 Å². The van der Waals surface area contributed by atoms with Crippen molar-refractivity contribution in [2.45, 2.75) is 0 Å². The molecule has 2 N–H and O–H groups in total. The number of oxazole rings is 1. The van der Waals surface area contributed by atoms with Crippen LogP contribution in [-0.4, -0.2) is 38.3 Å². The molecule has 1 aliphatic rings. The van der Waals surface area contributed by atoms with Gasteiger partial charge in [0.1, 0.15) is 5.75 Å². The first-order valence-corrected chi connectivity index (χ1v) is 8.75. The van der Waals surface area contributed by atoms with E-state index in [9.17, 15) is 0 Å². The van der Waals surface area contributed by atoms with Crippen molar-refractivity contribution < 1.29 is 9.15 Å². The van der Waals surface area contributed by atoms with Crippen molar-refractivity contribution in [2.24, 2.45) is 0 Å². The van der Waals surface area contributed by atoms with Gasteiger partial charge in [-0.05, 0) is 36.4 Å². The molecule has 0 unspecified atom stereocenters. The number of rotatable bonds is 5. The van der Waals surface area contributed by atoms with Crippen molar-refractivity contribution in [2.75, 3.05) is 43.5 Å². The van der Waals surface area contributed by atoms with Gasteiger partial charge in [-0.15, -0.1) is 0 Å². The first kappa shape index (κ1) is 16.5. The Balaban J connectivity index is 1.45. The molecule has 1 saturated heterocycles. The van der Waals surface area contributed by atoms with Crippen LogP contribution in [0, 0.1) is 0 Å². The van der Waals surface area contributed by atoms with Gasteiger partial charge in [0.2, 0.25) is 0 Å². The molecule has 1 fully saturated rings. The molecule has 0 saturated carbocycles. The summed E-state index contributed by atoms with van der Waals surface area (Å²) in [5, 5.41) is 6.58. The molecule has 0 spiro atoms. The van der Waals surface area contributed by atoms with Crippen LogP contribution in [0.1, 0.15) is 0 Å². The van der Waals surface area contributed by atoms with Crippen molar-refractivity contribution in [3.05, 3.63) is 54.7 Å². The average molecular weight is 350 g/mol. The molecular formula is C20H22N4O2. The molecule has 0 bridgehead atoms. The van der Waals surface area contributed by atoms with Crippen LogP contribution in [0.25, 0.3) is 11.3 Å². The summed E-state index contributed by atoms with van der Waals surface area (Å²) in [6, 6.07) is 16.5. The number of piperazine rings is 1. The fourth-order valence-electron chi connectivity index (χ4n) is 3.04. The maximum absolute atomic E-state index is 5.82. The molecule has 6 heteroatoms. The molecule has 0 amide bonds. The minimum absolute atomic E-state index is 0.470. The molecule has 6 nitrogen and oxygen atoms in total. The zero-order valence-corrected chi connectivity index (χ0v) is 14.7. The lowest BCUT2D eigenvalue weighted by Crippen LogP contribution is -2.43. The molecule has 134 valence electrons. The Morgan fingerprint density at radius 1 is 1.12 bits per heavy atom. The van der Waals surface area contributed by atoms with Crippen molar-refractivity contribution in [3.63, 3.8) is 0 Å². The van der Waals surface area contributed by atoms with E-state index >= 15 is 0 Å². The van der Waals surface area contributed by atoms with E-state index in [1.54, 1.807) is 13.3 Å². The lowest BCUT2D eigenvalue weighted by molar-refractivity contribution is 0.415. The van der Waals surface area contributed by atoms with Gasteiger partial charge in [-0.25, -0.2) is 4.98 Å². The Morgan fingerprint density at radius 3 is 2.69 bits per heavy atom. The molecule has 0 aliphatic carbocycles. The third-order valence-corrected chi connectivity index (χ3v) is 4.46. The summed E-state index contributed by atoms with van der Waals surface area (Å²) in [5.41, 5.74) is 3.11. The standard InChI is InChI=1S/C20H22N4O2/c1-25-18-4-2-3-15(13-18)19-14-22-20(26-19)23-16-5-7-17(8-6-16)24-11-9-21-10-12-24/h2-8,13-14,21H,9-12H2,1H3,(H,22,23). The third-order valence-electron chi connectivity index (χ3n) is 4.46. The minimum Gasteiger partial charge on any atom is -0.497 e. The van der Waals surface area contributed by atoms with E-state index < -0.39 is 0 Å². The number of nitrogens with one attached hydrogen (secondary N) is 2. The van der Waals surface area contributed by atoms with Gasteiger partial charge in [0.25, 0.3) is 6.01 Å². The van der Waals surface area contributed by atoms with Crippen LogP contribution in [0.3, 0.4) is 0 Å². The second-order valence-corrected chi connectivity index (χ2v) is 6.17. The van der Waals surface area contributed by atoms with E-state index in [1.807, 2.05) is 36.4 Å². The maximum Gasteiger partial charge on any atom is 0.299 e. The second kappa shape index (κ2) is 7.49. The number of nitrogens with zero attached hydrogens (tertiary/aromatic N) is 2. The predicted octanol–water partition coefficient (Wildman–Crippen LogP) is 3.50.